The number of anilines is 2. The van der Waals surface area contributed by atoms with Gasteiger partial charge < -0.3 is 10.4 Å². The molecule has 20 heavy (non-hydrogen) atoms. The van der Waals surface area contributed by atoms with E-state index in [-0.39, 0.29) is 16.4 Å². The summed E-state index contributed by atoms with van der Waals surface area (Å²) in [6.07, 6.45) is 0. The summed E-state index contributed by atoms with van der Waals surface area (Å²) in [6, 6.07) is 3.96. The van der Waals surface area contributed by atoms with Crippen molar-refractivity contribution >= 4 is 29.1 Å². The molecule has 1 aromatic heterocycles. The Morgan fingerprint density at radius 1 is 1.35 bits per heavy atom. The number of nitrogens with zero attached hydrogens (tertiary/aromatic N) is 2. The van der Waals surface area contributed by atoms with Crippen molar-refractivity contribution in [3.8, 4) is 0 Å². The van der Waals surface area contributed by atoms with E-state index in [0.29, 0.717) is 16.9 Å². The van der Waals surface area contributed by atoms with E-state index in [4.69, 9.17) is 11.6 Å². The number of aromatic carboxylic acids is 1. The van der Waals surface area contributed by atoms with Crippen molar-refractivity contribution in [1.29, 1.82) is 0 Å². The summed E-state index contributed by atoms with van der Waals surface area (Å²) < 4.78 is 13.1. The highest BCUT2D eigenvalue weighted by molar-refractivity contribution is 6.31. The molecule has 0 radical (unpaired) electrons. The number of halogens is 2. The van der Waals surface area contributed by atoms with Crippen LogP contribution in [0.4, 0.5) is 15.9 Å². The first kappa shape index (κ1) is 14.2. The summed E-state index contributed by atoms with van der Waals surface area (Å²) in [5.41, 5.74) is 1.50. The van der Waals surface area contributed by atoms with Gasteiger partial charge in [-0.25, -0.2) is 9.18 Å². The largest absolute Gasteiger partial charge is 0.478 e. The second-order valence-electron chi connectivity index (χ2n) is 4.19. The molecule has 1 heterocycles. The van der Waals surface area contributed by atoms with Gasteiger partial charge in [-0.2, -0.15) is 5.10 Å². The molecule has 0 aliphatic carbocycles. The van der Waals surface area contributed by atoms with Gasteiger partial charge in [0, 0.05) is 5.69 Å². The van der Waals surface area contributed by atoms with E-state index in [1.165, 1.54) is 18.2 Å². The predicted molar refractivity (Wildman–Crippen MR) is 73.2 cm³/mol. The van der Waals surface area contributed by atoms with Crippen LogP contribution in [-0.2, 0) is 0 Å². The molecule has 0 fully saturated rings. The second kappa shape index (κ2) is 5.42. The quantitative estimate of drug-likeness (QED) is 0.908. The maximum Gasteiger partial charge on any atom is 0.339 e. The molecule has 0 unspecified atom stereocenters. The third-order valence-corrected chi connectivity index (χ3v) is 3.14. The van der Waals surface area contributed by atoms with Gasteiger partial charge in [0.25, 0.3) is 0 Å². The van der Waals surface area contributed by atoms with E-state index >= 15 is 0 Å². The van der Waals surface area contributed by atoms with Crippen molar-refractivity contribution in [1.82, 2.24) is 10.2 Å². The topological polar surface area (TPSA) is 75.1 Å². The Balaban J connectivity index is 2.45. The summed E-state index contributed by atoms with van der Waals surface area (Å²) in [6.45, 7) is 3.32. The highest BCUT2D eigenvalue weighted by Crippen LogP contribution is 2.25. The molecule has 0 atom stereocenters. The number of carbonyl (C=O) groups is 1. The van der Waals surface area contributed by atoms with Gasteiger partial charge in [0.05, 0.1) is 10.7 Å². The number of aryl methyl sites for hydroxylation is 1. The Morgan fingerprint density at radius 3 is 2.65 bits per heavy atom. The normalized spacial score (nSPS) is 10.4. The lowest BCUT2D eigenvalue weighted by molar-refractivity contribution is 0.0696. The Bertz CT molecular complexity index is 692. The molecular formula is C13H11ClFN3O2. The number of carboxylic acids is 1. The van der Waals surface area contributed by atoms with Crippen LogP contribution >= 0.6 is 11.6 Å². The van der Waals surface area contributed by atoms with Crippen LogP contribution < -0.4 is 5.32 Å². The molecule has 0 aliphatic heterocycles. The van der Waals surface area contributed by atoms with Crippen LogP contribution in [0.15, 0.2) is 18.2 Å². The Kier molecular flexibility index (Phi) is 3.85. The van der Waals surface area contributed by atoms with Crippen molar-refractivity contribution in [2.45, 2.75) is 13.8 Å². The Labute approximate surface area is 119 Å². The van der Waals surface area contributed by atoms with Gasteiger partial charge in [-0.3, -0.25) is 0 Å². The first-order valence-electron chi connectivity index (χ1n) is 5.69. The lowest BCUT2D eigenvalue weighted by Gasteiger charge is -2.11. The molecule has 5 nitrogen and oxygen atoms in total. The van der Waals surface area contributed by atoms with Crippen LogP contribution in [-0.4, -0.2) is 21.3 Å². The molecule has 0 saturated heterocycles. The molecule has 0 saturated carbocycles. The standard InChI is InChI=1S/C13H11ClFN3O2/c1-6-7(2)17-18-12(11(6)13(19)20)16-8-3-4-10(15)9(14)5-8/h3-5H,1-2H3,(H,16,18)(H,19,20). The monoisotopic (exact) mass is 295 g/mol. The highest BCUT2D eigenvalue weighted by Gasteiger charge is 2.18. The van der Waals surface area contributed by atoms with Crippen LogP contribution in [0.1, 0.15) is 21.6 Å². The zero-order valence-electron chi connectivity index (χ0n) is 10.7. The third-order valence-electron chi connectivity index (χ3n) is 2.85. The van der Waals surface area contributed by atoms with E-state index in [1.54, 1.807) is 13.8 Å². The van der Waals surface area contributed by atoms with Gasteiger partial charge in [0.1, 0.15) is 11.4 Å². The fraction of sp³-hybridized carbons (Fsp3) is 0.154. The van der Waals surface area contributed by atoms with E-state index in [9.17, 15) is 14.3 Å². The lowest BCUT2D eigenvalue weighted by atomic mass is 10.1. The molecule has 7 heteroatoms. The van der Waals surface area contributed by atoms with Crippen LogP contribution in [0.3, 0.4) is 0 Å². The summed E-state index contributed by atoms with van der Waals surface area (Å²) in [5.74, 6) is -1.58. The Hall–Kier alpha value is -2.21. The van der Waals surface area contributed by atoms with Gasteiger partial charge >= 0.3 is 5.97 Å². The SMILES string of the molecule is Cc1nnc(Nc2ccc(F)c(Cl)c2)c(C(=O)O)c1C. The fourth-order valence-corrected chi connectivity index (χ4v) is 1.85. The highest BCUT2D eigenvalue weighted by atomic mass is 35.5. The van der Waals surface area contributed by atoms with E-state index < -0.39 is 11.8 Å². The fourth-order valence-electron chi connectivity index (χ4n) is 1.67. The van der Waals surface area contributed by atoms with Crippen molar-refractivity contribution in [3.63, 3.8) is 0 Å². The van der Waals surface area contributed by atoms with Crippen molar-refractivity contribution < 1.29 is 14.3 Å². The zero-order valence-corrected chi connectivity index (χ0v) is 11.5. The third kappa shape index (κ3) is 2.70. The van der Waals surface area contributed by atoms with Crippen LogP contribution in [0, 0.1) is 19.7 Å². The van der Waals surface area contributed by atoms with Crippen molar-refractivity contribution in [3.05, 3.63) is 45.9 Å². The number of carboxylic acid groups (broad SMARTS) is 1. The zero-order chi connectivity index (χ0) is 14.9. The number of hydrogen-bond acceptors (Lipinski definition) is 4. The Morgan fingerprint density at radius 2 is 2.05 bits per heavy atom. The number of hydrogen-bond donors (Lipinski definition) is 2. The van der Waals surface area contributed by atoms with Gasteiger partial charge in [0.15, 0.2) is 5.82 Å². The molecule has 1 aromatic carbocycles. The van der Waals surface area contributed by atoms with E-state index in [2.05, 4.69) is 15.5 Å². The number of rotatable bonds is 3. The minimum atomic E-state index is -1.11. The minimum Gasteiger partial charge on any atom is -0.478 e. The van der Waals surface area contributed by atoms with Gasteiger partial charge in [-0.05, 0) is 37.6 Å². The molecule has 2 N–H and O–H groups in total. The average molecular weight is 296 g/mol. The number of benzene rings is 1. The molecule has 0 aliphatic rings. The lowest BCUT2D eigenvalue weighted by Crippen LogP contribution is -2.10. The van der Waals surface area contributed by atoms with E-state index in [1.807, 2.05) is 0 Å². The molecule has 104 valence electrons. The molecule has 2 rings (SSSR count). The predicted octanol–water partition coefficient (Wildman–Crippen LogP) is 3.33. The molecular weight excluding hydrogens is 285 g/mol. The summed E-state index contributed by atoms with van der Waals surface area (Å²) >= 11 is 5.67. The summed E-state index contributed by atoms with van der Waals surface area (Å²) in [4.78, 5) is 11.3. The minimum absolute atomic E-state index is 0.0259. The summed E-state index contributed by atoms with van der Waals surface area (Å²) in [5, 5.41) is 19.7. The first-order valence-corrected chi connectivity index (χ1v) is 6.07. The number of aromatic nitrogens is 2. The first-order chi connectivity index (χ1) is 9.40. The van der Waals surface area contributed by atoms with Gasteiger partial charge in [-0.15, -0.1) is 5.10 Å². The summed E-state index contributed by atoms with van der Waals surface area (Å²) in [7, 11) is 0. The smallest absolute Gasteiger partial charge is 0.339 e. The van der Waals surface area contributed by atoms with Gasteiger partial charge in [0.2, 0.25) is 0 Å². The average Bonchev–Trinajstić information content (AvgIpc) is 2.38. The van der Waals surface area contributed by atoms with Crippen LogP contribution in [0.5, 0.6) is 0 Å². The molecule has 2 aromatic rings. The van der Waals surface area contributed by atoms with Gasteiger partial charge in [-0.1, -0.05) is 11.6 Å². The second-order valence-corrected chi connectivity index (χ2v) is 4.60. The van der Waals surface area contributed by atoms with Crippen LogP contribution in [0.2, 0.25) is 5.02 Å². The molecule has 0 spiro atoms. The van der Waals surface area contributed by atoms with Crippen LogP contribution in [0.25, 0.3) is 0 Å². The van der Waals surface area contributed by atoms with E-state index in [0.717, 1.165) is 0 Å². The molecule has 0 amide bonds. The number of nitrogens with one attached hydrogen (secondary N) is 1. The van der Waals surface area contributed by atoms with Crippen molar-refractivity contribution in [2.75, 3.05) is 5.32 Å². The van der Waals surface area contributed by atoms with Crippen molar-refractivity contribution in [2.24, 2.45) is 0 Å². The molecule has 0 bridgehead atoms. The maximum atomic E-state index is 13.1. The maximum absolute atomic E-state index is 13.1.